The van der Waals surface area contributed by atoms with E-state index in [2.05, 4.69) is 29.0 Å². The van der Waals surface area contributed by atoms with E-state index in [4.69, 9.17) is 11.6 Å². The number of rotatable bonds is 7. The number of amides is 1. The highest BCUT2D eigenvalue weighted by atomic mass is 35.5. The lowest BCUT2D eigenvalue weighted by molar-refractivity contribution is 0.0688. The first kappa shape index (κ1) is 22.5. The van der Waals surface area contributed by atoms with Crippen molar-refractivity contribution in [3.05, 3.63) is 50.0 Å². The quantitative estimate of drug-likeness (QED) is 0.517. The van der Waals surface area contributed by atoms with Crippen LogP contribution in [0.5, 0.6) is 0 Å². The van der Waals surface area contributed by atoms with Crippen LogP contribution in [0, 0.1) is 10.8 Å². The smallest absolute Gasteiger partial charge is 0.274 e. The Morgan fingerprint density at radius 3 is 2.62 bits per heavy atom. The number of carbonyl (C=O) groups is 1. The van der Waals surface area contributed by atoms with E-state index in [-0.39, 0.29) is 17.4 Å². The molecule has 0 atom stereocenters. The predicted octanol–water partition coefficient (Wildman–Crippen LogP) is 4.74. The van der Waals surface area contributed by atoms with Crippen LogP contribution >= 0.6 is 11.6 Å². The zero-order valence-corrected chi connectivity index (χ0v) is 19.2. The van der Waals surface area contributed by atoms with Gasteiger partial charge in [-0.2, -0.15) is 4.91 Å². The standard InChI is InChI=1S/C23H28ClN5O3/c1-3-15(4-2)21-25-13-20-22(30)27-18-11-16(17(24)12-19(18)29(20)21)23(31)28-9-6-14(7-10-28)5-8-26-32/h11-15H,3-10H2,1-2H3,(H,27,30). The van der Waals surface area contributed by atoms with Crippen molar-refractivity contribution in [1.82, 2.24) is 19.3 Å². The first-order valence-electron chi connectivity index (χ1n) is 11.3. The Labute approximate surface area is 190 Å². The average Bonchev–Trinajstić information content (AvgIpc) is 3.25. The third kappa shape index (κ3) is 4.03. The van der Waals surface area contributed by atoms with Gasteiger partial charge in [0.15, 0.2) is 0 Å². The molecular formula is C23H28ClN5O3. The number of hydrogen-bond acceptors (Lipinski definition) is 5. The second kappa shape index (κ2) is 9.40. The number of hydrogen-bond donors (Lipinski definition) is 1. The minimum absolute atomic E-state index is 0.143. The van der Waals surface area contributed by atoms with Crippen LogP contribution in [0.3, 0.4) is 0 Å². The lowest BCUT2D eigenvalue weighted by atomic mass is 9.93. The fraction of sp³-hybridized carbons (Fsp3) is 0.522. The molecule has 1 saturated heterocycles. The maximum atomic E-state index is 13.2. The molecule has 0 spiro atoms. The molecule has 1 aromatic carbocycles. The van der Waals surface area contributed by atoms with Crippen LogP contribution in [0.2, 0.25) is 5.02 Å². The number of nitroso groups, excluding NO2 is 1. The highest BCUT2D eigenvalue weighted by molar-refractivity contribution is 6.34. The lowest BCUT2D eigenvalue weighted by Gasteiger charge is -2.32. The molecule has 3 aromatic rings. The fourth-order valence-corrected chi connectivity index (χ4v) is 4.99. The van der Waals surface area contributed by atoms with Crippen molar-refractivity contribution in [3.63, 3.8) is 0 Å². The van der Waals surface area contributed by atoms with Gasteiger partial charge >= 0.3 is 0 Å². The number of nitrogens with one attached hydrogen (secondary N) is 1. The van der Waals surface area contributed by atoms with E-state index >= 15 is 0 Å². The molecule has 9 heteroatoms. The lowest BCUT2D eigenvalue weighted by Crippen LogP contribution is -2.38. The number of benzene rings is 1. The number of aromatic nitrogens is 3. The summed E-state index contributed by atoms with van der Waals surface area (Å²) in [6.45, 7) is 5.77. The third-order valence-corrected chi connectivity index (χ3v) is 7.02. The van der Waals surface area contributed by atoms with Crippen LogP contribution < -0.4 is 5.56 Å². The zero-order chi connectivity index (χ0) is 22.8. The van der Waals surface area contributed by atoms with Gasteiger partial charge in [-0.05, 0) is 50.2 Å². The summed E-state index contributed by atoms with van der Waals surface area (Å²) in [5, 5.41) is 3.30. The molecule has 170 valence electrons. The number of nitrogens with zero attached hydrogens (tertiary/aromatic N) is 4. The number of H-pyrrole nitrogens is 1. The van der Waals surface area contributed by atoms with Gasteiger partial charge in [0.1, 0.15) is 11.3 Å². The molecule has 0 unspecified atom stereocenters. The number of imidazole rings is 1. The van der Waals surface area contributed by atoms with E-state index in [0.717, 1.165) is 43.4 Å². The summed E-state index contributed by atoms with van der Waals surface area (Å²) in [6, 6.07) is 3.43. The molecule has 8 nitrogen and oxygen atoms in total. The molecule has 0 aliphatic carbocycles. The highest BCUT2D eigenvalue weighted by Crippen LogP contribution is 2.29. The molecule has 1 aliphatic rings. The number of fused-ring (bicyclic) bond motifs is 3. The molecule has 4 rings (SSSR count). The first-order valence-corrected chi connectivity index (χ1v) is 11.7. The Balaban J connectivity index is 1.70. The molecule has 3 heterocycles. The highest BCUT2D eigenvalue weighted by Gasteiger charge is 2.26. The first-order chi connectivity index (χ1) is 15.5. The van der Waals surface area contributed by atoms with Crippen molar-refractivity contribution in [2.75, 3.05) is 19.6 Å². The van der Waals surface area contributed by atoms with E-state index < -0.39 is 0 Å². The van der Waals surface area contributed by atoms with Gasteiger partial charge in [-0.1, -0.05) is 30.6 Å². The van der Waals surface area contributed by atoms with Crippen molar-refractivity contribution in [3.8, 4) is 0 Å². The van der Waals surface area contributed by atoms with Crippen LogP contribution in [-0.2, 0) is 0 Å². The van der Waals surface area contributed by atoms with Crippen LogP contribution in [0.1, 0.15) is 68.1 Å². The van der Waals surface area contributed by atoms with Crippen LogP contribution in [0.15, 0.2) is 28.3 Å². The second-order valence-corrected chi connectivity index (χ2v) is 8.94. The summed E-state index contributed by atoms with van der Waals surface area (Å²) < 4.78 is 1.87. The maximum absolute atomic E-state index is 13.2. The molecule has 0 bridgehead atoms. The Morgan fingerprint density at radius 1 is 1.25 bits per heavy atom. The molecular weight excluding hydrogens is 430 g/mol. The van der Waals surface area contributed by atoms with Gasteiger partial charge in [-0.15, -0.1) is 0 Å². The van der Waals surface area contributed by atoms with Gasteiger partial charge < -0.3 is 9.88 Å². The second-order valence-electron chi connectivity index (χ2n) is 8.53. The monoisotopic (exact) mass is 457 g/mol. The summed E-state index contributed by atoms with van der Waals surface area (Å²) in [5.74, 6) is 1.33. The fourth-order valence-electron chi connectivity index (χ4n) is 4.75. The van der Waals surface area contributed by atoms with Gasteiger partial charge in [0.25, 0.3) is 11.5 Å². The van der Waals surface area contributed by atoms with Crippen LogP contribution in [0.25, 0.3) is 16.6 Å². The minimum Gasteiger partial charge on any atom is -0.339 e. The molecule has 1 N–H and O–H groups in total. The average molecular weight is 458 g/mol. The minimum atomic E-state index is -0.243. The van der Waals surface area contributed by atoms with E-state index in [1.165, 1.54) is 0 Å². The number of piperidine rings is 1. The predicted molar refractivity (Wildman–Crippen MR) is 126 cm³/mol. The van der Waals surface area contributed by atoms with E-state index in [1.54, 1.807) is 23.2 Å². The molecule has 1 aliphatic heterocycles. The molecule has 0 saturated carbocycles. The Morgan fingerprint density at radius 2 is 1.97 bits per heavy atom. The topological polar surface area (TPSA) is 99.9 Å². The van der Waals surface area contributed by atoms with Crippen molar-refractivity contribution in [2.24, 2.45) is 11.1 Å². The van der Waals surface area contributed by atoms with E-state index in [0.29, 0.717) is 47.2 Å². The summed E-state index contributed by atoms with van der Waals surface area (Å²) in [6.07, 6.45) is 5.88. The van der Waals surface area contributed by atoms with Gasteiger partial charge in [0.2, 0.25) is 0 Å². The molecule has 1 amide bonds. The summed E-state index contributed by atoms with van der Waals surface area (Å²) in [7, 11) is 0. The Hall–Kier alpha value is -2.74. The van der Waals surface area contributed by atoms with E-state index in [9.17, 15) is 14.5 Å². The molecule has 1 fully saturated rings. The van der Waals surface area contributed by atoms with Gasteiger partial charge in [-0.3, -0.25) is 14.0 Å². The van der Waals surface area contributed by atoms with Gasteiger partial charge in [-0.25, -0.2) is 4.98 Å². The normalized spacial score (nSPS) is 15.2. The molecule has 0 radical (unpaired) electrons. The summed E-state index contributed by atoms with van der Waals surface area (Å²) >= 11 is 6.60. The summed E-state index contributed by atoms with van der Waals surface area (Å²) in [5.41, 5.74) is 1.91. The number of likely N-dealkylation sites (tertiary alicyclic amines) is 1. The Bertz CT molecular complexity index is 1210. The maximum Gasteiger partial charge on any atom is 0.274 e. The molecule has 32 heavy (non-hydrogen) atoms. The van der Waals surface area contributed by atoms with Gasteiger partial charge in [0, 0.05) is 19.0 Å². The third-order valence-electron chi connectivity index (χ3n) is 6.71. The van der Waals surface area contributed by atoms with Crippen molar-refractivity contribution >= 4 is 34.1 Å². The number of halogens is 1. The SMILES string of the molecule is CCC(CC)c1ncc2c(=O)[nH]c3cc(C(=O)N4CCC(CCN=O)CC4)c(Cl)cc3n12. The number of carbonyl (C=O) groups excluding carboxylic acids is 1. The van der Waals surface area contributed by atoms with Crippen LogP contribution in [0.4, 0.5) is 0 Å². The number of aromatic amines is 1. The zero-order valence-electron chi connectivity index (χ0n) is 18.4. The van der Waals surface area contributed by atoms with Crippen molar-refractivity contribution < 1.29 is 4.79 Å². The van der Waals surface area contributed by atoms with Gasteiger partial charge in [0.05, 0.1) is 34.4 Å². The van der Waals surface area contributed by atoms with Crippen molar-refractivity contribution in [2.45, 2.75) is 51.9 Å². The van der Waals surface area contributed by atoms with E-state index in [1.807, 2.05) is 4.40 Å². The van der Waals surface area contributed by atoms with Crippen molar-refractivity contribution in [1.29, 1.82) is 0 Å². The summed E-state index contributed by atoms with van der Waals surface area (Å²) in [4.78, 5) is 45.5. The van der Waals surface area contributed by atoms with Crippen LogP contribution in [-0.4, -0.2) is 44.8 Å². The largest absolute Gasteiger partial charge is 0.339 e. The Kier molecular flexibility index (Phi) is 6.60. The molecule has 2 aromatic heterocycles.